The Bertz CT molecular complexity index is 384. The highest BCUT2D eigenvalue weighted by molar-refractivity contribution is 5.84. The van der Waals surface area contributed by atoms with Gasteiger partial charge in [0.25, 0.3) is 0 Å². The summed E-state index contributed by atoms with van der Waals surface area (Å²) in [6, 6.07) is 7.74. The Kier molecular flexibility index (Phi) is 4.15. The lowest BCUT2D eigenvalue weighted by Gasteiger charge is -2.21. The number of carbonyl (C=O) groups excluding carboxylic acids is 1. The van der Waals surface area contributed by atoms with Crippen molar-refractivity contribution in [2.45, 2.75) is 19.3 Å². The zero-order valence-electron chi connectivity index (χ0n) is 10.2. The van der Waals surface area contributed by atoms with Crippen LogP contribution < -0.4 is 10.1 Å². The van der Waals surface area contributed by atoms with Gasteiger partial charge in [0.1, 0.15) is 11.5 Å². The van der Waals surface area contributed by atoms with Gasteiger partial charge in [-0.05, 0) is 25.5 Å². The van der Waals surface area contributed by atoms with Crippen molar-refractivity contribution in [2.75, 3.05) is 20.2 Å². The Balaban J connectivity index is 2.01. The van der Waals surface area contributed by atoms with Gasteiger partial charge >= 0.3 is 0 Å². The molecule has 3 heteroatoms. The first-order valence-electron chi connectivity index (χ1n) is 6.16. The van der Waals surface area contributed by atoms with Crippen molar-refractivity contribution < 1.29 is 9.53 Å². The third-order valence-electron chi connectivity index (χ3n) is 3.31. The SMILES string of the molecule is COc1ccccc1CC(=O)C1CCCNC1. The maximum atomic E-state index is 12.1. The molecule has 1 aromatic rings. The number of ether oxygens (including phenoxy) is 1. The van der Waals surface area contributed by atoms with E-state index >= 15 is 0 Å². The molecule has 1 unspecified atom stereocenters. The summed E-state index contributed by atoms with van der Waals surface area (Å²) in [6.07, 6.45) is 2.60. The van der Waals surface area contributed by atoms with Crippen LogP contribution >= 0.6 is 0 Å². The lowest BCUT2D eigenvalue weighted by atomic mass is 9.91. The van der Waals surface area contributed by atoms with Gasteiger partial charge < -0.3 is 10.1 Å². The molecular weight excluding hydrogens is 214 g/mol. The van der Waals surface area contributed by atoms with E-state index in [0.717, 1.165) is 37.2 Å². The highest BCUT2D eigenvalue weighted by Gasteiger charge is 2.21. The molecule has 0 bridgehead atoms. The molecule has 3 nitrogen and oxygen atoms in total. The van der Waals surface area contributed by atoms with E-state index in [1.807, 2.05) is 24.3 Å². The summed E-state index contributed by atoms with van der Waals surface area (Å²) in [5, 5.41) is 3.28. The number of benzene rings is 1. The fourth-order valence-corrected chi connectivity index (χ4v) is 2.31. The summed E-state index contributed by atoms with van der Waals surface area (Å²) < 4.78 is 5.27. The molecule has 1 N–H and O–H groups in total. The summed E-state index contributed by atoms with van der Waals surface area (Å²) in [6.45, 7) is 1.87. The molecule has 1 atom stereocenters. The van der Waals surface area contributed by atoms with Crippen LogP contribution in [0, 0.1) is 5.92 Å². The molecule has 1 aromatic carbocycles. The molecule has 92 valence electrons. The van der Waals surface area contributed by atoms with E-state index in [1.165, 1.54) is 0 Å². The van der Waals surface area contributed by atoms with Crippen LogP contribution in [0.1, 0.15) is 18.4 Å². The average Bonchev–Trinajstić information content (AvgIpc) is 2.40. The minimum absolute atomic E-state index is 0.175. The summed E-state index contributed by atoms with van der Waals surface area (Å²) in [5.74, 6) is 1.31. The number of piperidine rings is 1. The first kappa shape index (κ1) is 12.1. The number of methoxy groups -OCH3 is 1. The van der Waals surface area contributed by atoms with E-state index in [9.17, 15) is 4.79 Å². The number of Topliss-reactive ketones (excluding diaryl/α,β-unsaturated/α-hetero) is 1. The van der Waals surface area contributed by atoms with Crippen LogP contribution in [0.4, 0.5) is 0 Å². The molecule has 0 spiro atoms. The van der Waals surface area contributed by atoms with Gasteiger partial charge in [0.2, 0.25) is 0 Å². The van der Waals surface area contributed by atoms with Crippen molar-refractivity contribution >= 4 is 5.78 Å². The number of para-hydroxylation sites is 1. The Morgan fingerprint density at radius 1 is 1.47 bits per heavy atom. The molecule has 1 aliphatic rings. The van der Waals surface area contributed by atoms with Gasteiger partial charge in [-0.1, -0.05) is 18.2 Å². The van der Waals surface area contributed by atoms with E-state index < -0.39 is 0 Å². The first-order chi connectivity index (χ1) is 8.31. The van der Waals surface area contributed by atoms with Crippen LogP contribution in [0.15, 0.2) is 24.3 Å². The molecule has 0 radical (unpaired) electrons. The van der Waals surface area contributed by atoms with Crippen LogP contribution in [0.5, 0.6) is 5.75 Å². The second kappa shape index (κ2) is 5.82. The Morgan fingerprint density at radius 3 is 3.00 bits per heavy atom. The Hall–Kier alpha value is -1.35. The summed E-state index contributed by atoms with van der Waals surface area (Å²) in [4.78, 5) is 12.1. The van der Waals surface area contributed by atoms with Crippen molar-refractivity contribution in [1.82, 2.24) is 5.32 Å². The summed E-state index contributed by atoms with van der Waals surface area (Å²) in [5.41, 5.74) is 0.991. The second-order valence-electron chi connectivity index (χ2n) is 4.50. The smallest absolute Gasteiger partial charge is 0.141 e. The van der Waals surface area contributed by atoms with Crippen molar-refractivity contribution in [3.8, 4) is 5.75 Å². The number of ketones is 1. The van der Waals surface area contributed by atoms with Gasteiger partial charge in [0, 0.05) is 24.4 Å². The molecule has 0 aliphatic carbocycles. The van der Waals surface area contributed by atoms with E-state index in [0.29, 0.717) is 12.2 Å². The first-order valence-corrected chi connectivity index (χ1v) is 6.16. The van der Waals surface area contributed by atoms with Gasteiger partial charge in [-0.15, -0.1) is 0 Å². The molecule has 0 amide bonds. The number of hydrogen-bond acceptors (Lipinski definition) is 3. The average molecular weight is 233 g/mol. The second-order valence-corrected chi connectivity index (χ2v) is 4.50. The van der Waals surface area contributed by atoms with Crippen molar-refractivity contribution in [3.63, 3.8) is 0 Å². The fourth-order valence-electron chi connectivity index (χ4n) is 2.31. The summed E-state index contributed by atoms with van der Waals surface area (Å²) >= 11 is 0. The predicted molar refractivity (Wildman–Crippen MR) is 67.3 cm³/mol. The van der Waals surface area contributed by atoms with Gasteiger partial charge in [0.15, 0.2) is 0 Å². The van der Waals surface area contributed by atoms with Crippen LogP contribution in [0.2, 0.25) is 0 Å². The van der Waals surface area contributed by atoms with Gasteiger partial charge in [-0.3, -0.25) is 4.79 Å². The van der Waals surface area contributed by atoms with E-state index in [2.05, 4.69) is 5.32 Å². The van der Waals surface area contributed by atoms with Crippen molar-refractivity contribution in [3.05, 3.63) is 29.8 Å². The maximum Gasteiger partial charge on any atom is 0.141 e. The van der Waals surface area contributed by atoms with Gasteiger partial charge in [-0.2, -0.15) is 0 Å². The monoisotopic (exact) mass is 233 g/mol. The minimum atomic E-state index is 0.175. The molecule has 2 rings (SSSR count). The number of nitrogens with one attached hydrogen (secondary N) is 1. The van der Waals surface area contributed by atoms with E-state index in [1.54, 1.807) is 7.11 Å². The van der Waals surface area contributed by atoms with Crippen LogP contribution in [0.3, 0.4) is 0 Å². The highest BCUT2D eigenvalue weighted by atomic mass is 16.5. The van der Waals surface area contributed by atoms with Crippen LogP contribution in [0.25, 0.3) is 0 Å². The number of hydrogen-bond donors (Lipinski definition) is 1. The van der Waals surface area contributed by atoms with E-state index in [4.69, 9.17) is 4.74 Å². The zero-order chi connectivity index (χ0) is 12.1. The number of carbonyl (C=O) groups is 1. The van der Waals surface area contributed by atoms with Gasteiger partial charge in [0.05, 0.1) is 7.11 Å². The van der Waals surface area contributed by atoms with E-state index in [-0.39, 0.29) is 5.92 Å². The minimum Gasteiger partial charge on any atom is -0.496 e. The Labute approximate surface area is 102 Å². The molecule has 1 aliphatic heterocycles. The summed E-state index contributed by atoms with van der Waals surface area (Å²) in [7, 11) is 1.64. The molecule has 0 saturated carbocycles. The largest absolute Gasteiger partial charge is 0.496 e. The topological polar surface area (TPSA) is 38.3 Å². The zero-order valence-corrected chi connectivity index (χ0v) is 10.2. The van der Waals surface area contributed by atoms with Crippen LogP contribution in [-0.4, -0.2) is 26.0 Å². The molecule has 1 saturated heterocycles. The quantitative estimate of drug-likeness (QED) is 0.862. The molecular formula is C14H19NO2. The third kappa shape index (κ3) is 3.07. The number of rotatable bonds is 4. The standard InChI is InChI=1S/C14H19NO2/c1-17-14-7-3-2-5-11(14)9-13(16)12-6-4-8-15-10-12/h2-3,5,7,12,15H,4,6,8-10H2,1H3. The molecule has 1 heterocycles. The maximum absolute atomic E-state index is 12.1. The van der Waals surface area contributed by atoms with Gasteiger partial charge in [-0.25, -0.2) is 0 Å². The highest BCUT2D eigenvalue weighted by Crippen LogP contribution is 2.21. The van der Waals surface area contributed by atoms with Crippen molar-refractivity contribution in [1.29, 1.82) is 0 Å². The third-order valence-corrected chi connectivity index (χ3v) is 3.31. The predicted octanol–water partition coefficient (Wildman–Crippen LogP) is 1.81. The molecule has 0 aromatic heterocycles. The van der Waals surface area contributed by atoms with Crippen LogP contribution in [-0.2, 0) is 11.2 Å². The lowest BCUT2D eigenvalue weighted by Crippen LogP contribution is -2.35. The fraction of sp³-hybridized carbons (Fsp3) is 0.500. The lowest BCUT2D eigenvalue weighted by molar-refractivity contribution is -0.122. The normalized spacial score (nSPS) is 19.9. The Morgan fingerprint density at radius 2 is 2.29 bits per heavy atom. The molecule has 17 heavy (non-hydrogen) atoms. The molecule has 1 fully saturated rings. The van der Waals surface area contributed by atoms with Crippen molar-refractivity contribution in [2.24, 2.45) is 5.92 Å².